The van der Waals surface area contributed by atoms with Crippen molar-refractivity contribution in [2.75, 3.05) is 37.8 Å². The van der Waals surface area contributed by atoms with Crippen molar-refractivity contribution in [3.8, 4) is 0 Å². The second-order valence-corrected chi connectivity index (χ2v) is 7.69. The van der Waals surface area contributed by atoms with Gasteiger partial charge in [0, 0.05) is 38.4 Å². The highest BCUT2D eigenvalue weighted by Gasteiger charge is 2.38. The molecule has 2 unspecified atom stereocenters. The average Bonchev–Trinajstić information content (AvgIpc) is 3.13. The topological polar surface area (TPSA) is 95.7 Å². The molecular weight excluding hydrogens is 340 g/mol. The maximum Gasteiger partial charge on any atom is 0.246 e. The number of nitrogens with two attached hydrogens (primary N) is 1. The van der Waals surface area contributed by atoms with E-state index in [1.807, 2.05) is 0 Å². The van der Waals surface area contributed by atoms with Crippen LogP contribution in [-0.2, 0) is 14.4 Å². The van der Waals surface area contributed by atoms with Gasteiger partial charge in [-0.1, -0.05) is 13.3 Å². The van der Waals surface area contributed by atoms with Gasteiger partial charge in [0.25, 0.3) is 0 Å². The van der Waals surface area contributed by atoms with Crippen molar-refractivity contribution in [1.29, 1.82) is 0 Å². The van der Waals surface area contributed by atoms with Gasteiger partial charge in [0.15, 0.2) is 0 Å². The Morgan fingerprint density at radius 2 is 2.12 bits per heavy atom. The number of unbranched alkanes of at least 4 members (excludes halogenated alkanes) is 1. The van der Waals surface area contributed by atoms with Crippen LogP contribution in [0.5, 0.6) is 0 Å². The largest absolute Gasteiger partial charge is 0.355 e. The highest BCUT2D eigenvalue weighted by Crippen LogP contribution is 2.26. The maximum absolute atomic E-state index is 12.9. The van der Waals surface area contributed by atoms with Gasteiger partial charge in [0.05, 0.1) is 11.8 Å². The Morgan fingerprint density at radius 1 is 1.32 bits per heavy atom. The SMILES string of the molecule is CCCCC(=O)N1CSCC1C(=O)N1CCCC(C(=O)NCCN)C1. The molecule has 0 bridgehead atoms. The second kappa shape index (κ2) is 10.0. The summed E-state index contributed by atoms with van der Waals surface area (Å²) >= 11 is 1.63. The molecule has 2 saturated heterocycles. The lowest BCUT2D eigenvalue weighted by molar-refractivity contribution is -0.145. The summed E-state index contributed by atoms with van der Waals surface area (Å²) in [5.41, 5.74) is 5.42. The number of nitrogens with zero attached hydrogens (tertiary/aromatic N) is 2. The molecule has 2 atom stereocenters. The minimum atomic E-state index is -0.375. The van der Waals surface area contributed by atoms with E-state index in [9.17, 15) is 14.4 Å². The normalized spacial score (nSPS) is 23.6. The van der Waals surface area contributed by atoms with Gasteiger partial charge < -0.3 is 20.9 Å². The number of hydrogen-bond acceptors (Lipinski definition) is 5. The Morgan fingerprint density at radius 3 is 2.84 bits per heavy atom. The van der Waals surface area contributed by atoms with E-state index in [1.54, 1.807) is 21.6 Å². The molecule has 0 aliphatic carbocycles. The fourth-order valence-corrected chi connectivity index (χ4v) is 4.48. The predicted molar refractivity (Wildman–Crippen MR) is 98.9 cm³/mol. The molecule has 25 heavy (non-hydrogen) atoms. The van der Waals surface area contributed by atoms with E-state index in [-0.39, 0.29) is 29.7 Å². The van der Waals surface area contributed by atoms with E-state index >= 15 is 0 Å². The lowest BCUT2D eigenvalue weighted by Gasteiger charge is -2.35. The molecule has 2 fully saturated rings. The van der Waals surface area contributed by atoms with Crippen LogP contribution in [0, 0.1) is 5.92 Å². The van der Waals surface area contributed by atoms with Crippen LogP contribution in [0.4, 0.5) is 0 Å². The molecule has 0 aromatic carbocycles. The van der Waals surface area contributed by atoms with E-state index < -0.39 is 0 Å². The van der Waals surface area contributed by atoms with Gasteiger partial charge in [0.1, 0.15) is 6.04 Å². The zero-order valence-electron chi connectivity index (χ0n) is 15.0. The van der Waals surface area contributed by atoms with Crippen LogP contribution < -0.4 is 11.1 Å². The fraction of sp³-hybridized carbons (Fsp3) is 0.824. The third-order valence-corrected chi connectivity index (χ3v) is 5.79. The van der Waals surface area contributed by atoms with Crippen LogP contribution in [0.25, 0.3) is 0 Å². The molecule has 2 heterocycles. The van der Waals surface area contributed by atoms with Crippen molar-refractivity contribution in [2.24, 2.45) is 11.7 Å². The molecular formula is C17H30N4O3S. The number of rotatable bonds is 7. The monoisotopic (exact) mass is 370 g/mol. The summed E-state index contributed by atoms with van der Waals surface area (Å²) in [6.07, 6.45) is 3.94. The first-order chi connectivity index (χ1) is 12.1. The smallest absolute Gasteiger partial charge is 0.246 e. The number of carbonyl (C=O) groups is 3. The molecule has 0 radical (unpaired) electrons. The van der Waals surface area contributed by atoms with E-state index in [2.05, 4.69) is 12.2 Å². The Balaban J connectivity index is 1.94. The minimum absolute atomic E-state index is 0.00817. The Hall–Kier alpha value is -1.28. The summed E-state index contributed by atoms with van der Waals surface area (Å²) in [6.45, 7) is 4.03. The summed E-state index contributed by atoms with van der Waals surface area (Å²) < 4.78 is 0. The first kappa shape index (κ1) is 20.0. The molecule has 7 nitrogen and oxygen atoms in total. The third-order valence-electron chi connectivity index (χ3n) is 4.78. The Bertz CT molecular complexity index is 489. The zero-order chi connectivity index (χ0) is 18.2. The van der Waals surface area contributed by atoms with Crippen molar-refractivity contribution in [1.82, 2.24) is 15.1 Å². The lowest BCUT2D eigenvalue weighted by atomic mass is 9.96. The maximum atomic E-state index is 12.9. The van der Waals surface area contributed by atoms with Crippen molar-refractivity contribution < 1.29 is 14.4 Å². The summed E-state index contributed by atoms with van der Waals surface area (Å²) in [7, 11) is 0. The Kier molecular flexibility index (Phi) is 8.02. The lowest BCUT2D eigenvalue weighted by Crippen LogP contribution is -2.53. The van der Waals surface area contributed by atoms with Crippen molar-refractivity contribution in [3.05, 3.63) is 0 Å². The van der Waals surface area contributed by atoms with Crippen LogP contribution in [0.15, 0.2) is 0 Å². The first-order valence-electron chi connectivity index (χ1n) is 9.22. The van der Waals surface area contributed by atoms with Crippen LogP contribution in [0.3, 0.4) is 0 Å². The summed E-state index contributed by atoms with van der Waals surface area (Å²) in [5.74, 6) is 1.09. The summed E-state index contributed by atoms with van der Waals surface area (Å²) in [6, 6.07) is -0.375. The Labute approximate surface area is 154 Å². The highest BCUT2D eigenvalue weighted by molar-refractivity contribution is 7.99. The van der Waals surface area contributed by atoms with Gasteiger partial charge in [-0.15, -0.1) is 11.8 Å². The molecule has 142 valence electrons. The van der Waals surface area contributed by atoms with Gasteiger partial charge >= 0.3 is 0 Å². The number of likely N-dealkylation sites (tertiary alicyclic amines) is 1. The van der Waals surface area contributed by atoms with E-state index in [0.717, 1.165) is 25.7 Å². The molecule has 0 saturated carbocycles. The predicted octanol–water partition coefficient (Wildman–Crippen LogP) is 0.392. The first-order valence-corrected chi connectivity index (χ1v) is 10.4. The molecule has 0 aromatic rings. The molecule has 0 aromatic heterocycles. The number of carbonyl (C=O) groups excluding carboxylic acids is 3. The van der Waals surface area contributed by atoms with Gasteiger partial charge in [-0.25, -0.2) is 0 Å². The van der Waals surface area contributed by atoms with Crippen molar-refractivity contribution in [2.45, 2.75) is 45.1 Å². The van der Waals surface area contributed by atoms with Gasteiger partial charge in [-0.2, -0.15) is 0 Å². The molecule has 3 N–H and O–H groups in total. The van der Waals surface area contributed by atoms with E-state index in [4.69, 9.17) is 5.73 Å². The molecule has 8 heteroatoms. The van der Waals surface area contributed by atoms with Gasteiger partial charge in [0.2, 0.25) is 17.7 Å². The number of nitrogens with one attached hydrogen (secondary N) is 1. The minimum Gasteiger partial charge on any atom is -0.355 e. The fourth-order valence-electron chi connectivity index (χ4n) is 3.31. The second-order valence-electron chi connectivity index (χ2n) is 6.69. The molecule has 0 spiro atoms. The number of amides is 3. The quantitative estimate of drug-likeness (QED) is 0.676. The van der Waals surface area contributed by atoms with Gasteiger partial charge in [-0.05, 0) is 19.3 Å². The van der Waals surface area contributed by atoms with E-state index in [0.29, 0.717) is 44.2 Å². The summed E-state index contributed by atoms with van der Waals surface area (Å²) in [5, 5.41) is 2.81. The van der Waals surface area contributed by atoms with Crippen LogP contribution in [0.2, 0.25) is 0 Å². The number of thioether (sulfide) groups is 1. The van der Waals surface area contributed by atoms with E-state index in [1.165, 1.54) is 0 Å². The zero-order valence-corrected chi connectivity index (χ0v) is 15.9. The summed E-state index contributed by atoms with van der Waals surface area (Å²) in [4.78, 5) is 41.0. The molecule has 2 rings (SSSR count). The average molecular weight is 371 g/mol. The molecule has 2 aliphatic rings. The van der Waals surface area contributed by atoms with Crippen molar-refractivity contribution >= 4 is 29.5 Å². The highest BCUT2D eigenvalue weighted by atomic mass is 32.2. The number of piperidine rings is 1. The standard InChI is InChI=1S/C17H30N4O3S/c1-2-3-6-15(22)21-12-25-11-14(21)17(24)20-9-4-5-13(10-20)16(23)19-8-7-18/h13-14H,2-12,18H2,1H3,(H,19,23). The number of hydrogen-bond donors (Lipinski definition) is 2. The van der Waals surface area contributed by atoms with Crippen LogP contribution in [0.1, 0.15) is 39.0 Å². The third kappa shape index (κ3) is 5.34. The molecule has 3 amide bonds. The van der Waals surface area contributed by atoms with Crippen LogP contribution >= 0.6 is 11.8 Å². The van der Waals surface area contributed by atoms with Gasteiger partial charge in [-0.3, -0.25) is 14.4 Å². The van der Waals surface area contributed by atoms with Crippen LogP contribution in [-0.4, -0.2) is 71.4 Å². The van der Waals surface area contributed by atoms with Crippen molar-refractivity contribution in [3.63, 3.8) is 0 Å². The molecule has 2 aliphatic heterocycles.